The van der Waals surface area contributed by atoms with Gasteiger partial charge in [0, 0.05) is 7.05 Å². The molecule has 1 saturated heterocycles. The van der Waals surface area contributed by atoms with Crippen molar-refractivity contribution < 1.29 is 22.3 Å². The van der Waals surface area contributed by atoms with Crippen LogP contribution in [0.2, 0.25) is 0 Å². The molecule has 0 amide bonds. The van der Waals surface area contributed by atoms with Gasteiger partial charge in [-0.3, -0.25) is 0 Å². The highest BCUT2D eigenvalue weighted by atomic mass is 19.4. The van der Waals surface area contributed by atoms with Crippen LogP contribution in [-0.2, 0) is 10.9 Å². The summed E-state index contributed by atoms with van der Waals surface area (Å²) in [6.45, 7) is 7.32. The molecule has 1 atom stereocenters. The Labute approximate surface area is 114 Å². The fraction of sp³-hybridized carbons (Fsp3) is 0.286. The second-order valence-electron chi connectivity index (χ2n) is 4.54. The topological polar surface area (TPSA) is 12.5 Å². The molecule has 6 heteroatoms. The van der Waals surface area contributed by atoms with Crippen LogP contribution in [0.25, 0.3) is 0 Å². The first kappa shape index (κ1) is 14.4. The van der Waals surface area contributed by atoms with Gasteiger partial charge in [-0.1, -0.05) is 19.2 Å². The molecule has 1 unspecified atom stereocenters. The summed E-state index contributed by atoms with van der Waals surface area (Å²) in [7, 11) is 1.60. The number of rotatable bonds is 1. The van der Waals surface area contributed by atoms with Gasteiger partial charge in [-0.15, -0.1) is 0 Å². The number of halogens is 4. The standard InChI is InChI=1S/C14H13F4NO/c1-8-9(2)20-7-13(19(8)3)11-5-4-10(15)6-12(11)14(16,17)18/h4-6,13H,1-2,7H2,3H3. The van der Waals surface area contributed by atoms with E-state index in [4.69, 9.17) is 4.74 Å². The first-order valence-electron chi connectivity index (χ1n) is 5.82. The fourth-order valence-corrected chi connectivity index (χ4v) is 2.12. The predicted octanol–water partition coefficient (Wildman–Crippen LogP) is 3.88. The van der Waals surface area contributed by atoms with Gasteiger partial charge in [-0.25, -0.2) is 4.39 Å². The van der Waals surface area contributed by atoms with Crippen LogP contribution in [0.3, 0.4) is 0 Å². The summed E-state index contributed by atoms with van der Waals surface area (Å²) in [4.78, 5) is 1.55. The molecule has 0 saturated carbocycles. The van der Waals surface area contributed by atoms with Crippen molar-refractivity contribution in [1.29, 1.82) is 0 Å². The SMILES string of the molecule is C=C1OCC(c2ccc(F)cc2C(F)(F)F)N(C)C1=C. The van der Waals surface area contributed by atoms with Crippen molar-refractivity contribution in [2.24, 2.45) is 0 Å². The van der Waals surface area contributed by atoms with Crippen molar-refractivity contribution in [2.45, 2.75) is 12.2 Å². The van der Waals surface area contributed by atoms with Crippen LogP contribution in [0.1, 0.15) is 17.2 Å². The van der Waals surface area contributed by atoms with Gasteiger partial charge in [0.25, 0.3) is 0 Å². The van der Waals surface area contributed by atoms with Gasteiger partial charge >= 0.3 is 6.18 Å². The molecular formula is C14H13F4NO. The summed E-state index contributed by atoms with van der Waals surface area (Å²) in [6.07, 6.45) is -4.63. The van der Waals surface area contributed by atoms with Crippen LogP contribution in [0.15, 0.2) is 42.8 Å². The molecule has 1 aliphatic rings. The Kier molecular flexibility index (Phi) is 3.50. The van der Waals surface area contributed by atoms with Crippen LogP contribution in [0, 0.1) is 5.82 Å². The Morgan fingerprint density at radius 1 is 1.30 bits per heavy atom. The number of ether oxygens (including phenoxy) is 1. The monoisotopic (exact) mass is 287 g/mol. The zero-order valence-corrected chi connectivity index (χ0v) is 10.8. The highest BCUT2D eigenvalue weighted by Crippen LogP contribution is 2.39. The van der Waals surface area contributed by atoms with Crippen molar-refractivity contribution in [3.05, 3.63) is 59.8 Å². The van der Waals surface area contributed by atoms with E-state index in [1.807, 2.05) is 0 Å². The van der Waals surface area contributed by atoms with E-state index in [0.29, 0.717) is 17.5 Å². The number of nitrogens with zero attached hydrogens (tertiary/aromatic N) is 1. The average Bonchev–Trinajstić information content (AvgIpc) is 2.36. The zero-order valence-electron chi connectivity index (χ0n) is 10.8. The smallest absolute Gasteiger partial charge is 0.416 e. The first-order chi connectivity index (χ1) is 9.21. The summed E-state index contributed by atoms with van der Waals surface area (Å²) in [6, 6.07) is 1.94. The molecule has 0 bridgehead atoms. The number of likely N-dealkylation sites (N-methyl/N-ethyl adjacent to an activating group) is 1. The lowest BCUT2D eigenvalue weighted by molar-refractivity contribution is -0.139. The summed E-state index contributed by atoms with van der Waals surface area (Å²) in [5.74, 6) is -0.608. The summed E-state index contributed by atoms with van der Waals surface area (Å²) < 4.78 is 57.4. The third-order valence-corrected chi connectivity index (χ3v) is 3.31. The predicted molar refractivity (Wildman–Crippen MR) is 66.1 cm³/mol. The molecule has 0 aromatic heterocycles. The Hall–Kier alpha value is -1.98. The molecule has 1 aromatic carbocycles. The quantitative estimate of drug-likeness (QED) is 0.727. The number of hydrogen-bond acceptors (Lipinski definition) is 2. The number of alkyl halides is 3. The average molecular weight is 287 g/mol. The van der Waals surface area contributed by atoms with Crippen molar-refractivity contribution in [3.8, 4) is 0 Å². The lowest BCUT2D eigenvalue weighted by atomic mass is 9.97. The van der Waals surface area contributed by atoms with E-state index in [-0.39, 0.29) is 12.2 Å². The first-order valence-corrected chi connectivity index (χ1v) is 5.82. The lowest BCUT2D eigenvalue weighted by Crippen LogP contribution is -2.34. The minimum absolute atomic E-state index is 0.00304. The van der Waals surface area contributed by atoms with Crippen LogP contribution in [0.4, 0.5) is 17.6 Å². The maximum absolute atomic E-state index is 13.1. The number of morpholine rings is 1. The second kappa shape index (κ2) is 4.85. The third-order valence-electron chi connectivity index (χ3n) is 3.31. The van der Waals surface area contributed by atoms with Crippen molar-refractivity contribution in [1.82, 2.24) is 4.90 Å². The molecule has 2 rings (SSSR count). The summed E-state index contributed by atoms with van der Waals surface area (Å²) in [5, 5.41) is 0. The van der Waals surface area contributed by atoms with E-state index in [1.54, 1.807) is 11.9 Å². The molecule has 2 nitrogen and oxygen atoms in total. The van der Waals surface area contributed by atoms with Gasteiger partial charge in [0.15, 0.2) is 0 Å². The van der Waals surface area contributed by atoms with E-state index < -0.39 is 23.6 Å². The molecule has 1 heterocycles. The normalized spacial score (nSPS) is 20.1. The Morgan fingerprint density at radius 2 is 1.95 bits per heavy atom. The van der Waals surface area contributed by atoms with Crippen molar-refractivity contribution in [3.63, 3.8) is 0 Å². The van der Waals surface area contributed by atoms with Crippen molar-refractivity contribution >= 4 is 0 Å². The highest BCUT2D eigenvalue weighted by Gasteiger charge is 2.38. The van der Waals surface area contributed by atoms with E-state index in [9.17, 15) is 17.6 Å². The molecule has 0 spiro atoms. The van der Waals surface area contributed by atoms with Gasteiger partial charge in [-0.2, -0.15) is 13.2 Å². The highest BCUT2D eigenvalue weighted by molar-refractivity contribution is 5.36. The van der Waals surface area contributed by atoms with E-state index in [1.165, 1.54) is 0 Å². The van der Waals surface area contributed by atoms with Crippen LogP contribution < -0.4 is 0 Å². The van der Waals surface area contributed by atoms with Gasteiger partial charge in [0.1, 0.15) is 18.2 Å². The molecular weight excluding hydrogens is 274 g/mol. The largest absolute Gasteiger partial charge is 0.490 e. The molecule has 108 valence electrons. The van der Waals surface area contributed by atoms with Crippen LogP contribution >= 0.6 is 0 Å². The summed E-state index contributed by atoms with van der Waals surface area (Å²) >= 11 is 0. The minimum Gasteiger partial charge on any atom is -0.490 e. The maximum atomic E-state index is 13.1. The second-order valence-corrected chi connectivity index (χ2v) is 4.54. The molecule has 1 fully saturated rings. The number of hydrogen-bond donors (Lipinski definition) is 0. The zero-order chi connectivity index (χ0) is 15.1. The molecule has 1 aliphatic heterocycles. The maximum Gasteiger partial charge on any atom is 0.416 e. The summed E-state index contributed by atoms with van der Waals surface area (Å²) in [5.41, 5.74) is -0.646. The third kappa shape index (κ3) is 2.50. The van der Waals surface area contributed by atoms with E-state index in [0.717, 1.165) is 12.1 Å². The molecule has 1 aromatic rings. The molecule has 0 N–H and O–H groups in total. The van der Waals surface area contributed by atoms with Gasteiger partial charge in [0.05, 0.1) is 17.3 Å². The van der Waals surface area contributed by atoms with Gasteiger partial charge in [-0.05, 0) is 17.7 Å². The Morgan fingerprint density at radius 3 is 2.55 bits per heavy atom. The molecule has 0 radical (unpaired) electrons. The van der Waals surface area contributed by atoms with Crippen LogP contribution in [-0.4, -0.2) is 18.6 Å². The van der Waals surface area contributed by atoms with E-state index >= 15 is 0 Å². The van der Waals surface area contributed by atoms with Crippen LogP contribution in [0.5, 0.6) is 0 Å². The molecule has 0 aliphatic carbocycles. The minimum atomic E-state index is -4.63. The van der Waals surface area contributed by atoms with Gasteiger partial charge < -0.3 is 9.64 Å². The van der Waals surface area contributed by atoms with E-state index in [2.05, 4.69) is 13.2 Å². The van der Waals surface area contributed by atoms with Gasteiger partial charge in [0.2, 0.25) is 0 Å². The molecule has 20 heavy (non-hydrogen) atoms. The fourth-order valence-electron chi connectivity index (χ4n) is 2.12. The number of benzene rings is 1. The van der Waals surface area contributed by atoms with Crippen molar-refractivity contribution in [2.75, 3.05) is 13.7 Å². The lowest BCUT2D eigenvalue weighted by Gasteiger charge is -2.38. The Balaban J connectivity index is 2.48. The Bertz CT molecular complexity index is 565.